The molecule has 3 aromatic rings. The van der Waals surface area contributed by atoms with Crippen molar-refractivity contribution in [2.45, 2.75) is 6.42 Å². The van der Waals surface area contributed by atoms with E-state index in [4.69, 9.17) is 0 Å². The Hall–Kier alpha value is -4.88. The van der Waals surface area contributed by atoms with Gasteiger partial charge in [-0.3, -0.25) is 35.9 Å². The van der Waals surface area contributed by atoms with Crippen molar-refractivity contribution < 1.29 is 19.0 Å². The van der Waals surface area contributed by atoms with Gasteiger partial charge in [0.1, 0.15) is 12.1 Å². The fraction of sp³-hybridized carbons (Fsp3) is 0.227. The van der Waals surface area contributed by atoms with Crippen LogP contribution in [-0.4, -0.2) is 51.9 Å². The topological polar surface area (TPSA) is 160 Å². The van der Waals surface area contributed by atoms with Crippen molar-refractivity contribution in [3.8, 4) is 0 Å². The van der Waals surface area contributed by atoms with Gasteiger partial charge in [-0.2, -0.15) is 0 Å². The number of non-ortho nitro benzene ring substituents is 1. The summed E-state index contributed by atoms with van der Waals surface area (Å²) in [4.78, 5) is 45.3. The molecular weight excluding hydrogens is 475 g/mol. The number of hydrogen-bond donors (Lipinski definition) is 2. The number of nitrogens with zero attached hydrogens (tertiary/aromatic N) is 6. The molecule has 0 saturated carbocycles. The standard InChI is InChI=1S/C22H21FN8O5/c23-17-3-1-2-4-18(17)28-9-11-29(12-10-28)22-20(31(35)36)21(24-14-25-22)27-26-19(32)13-15-5-7-16(8-6-15)30(33)34/h1-8,14H,9-13H2,(H,26,32)(H,24,25,27). The van der Waals surface area contributed by atoms with Crippen molar-refractivity contribution in [2.24, 2.45) is 0 Å². The van der Waals surface area contributed by atoms with Crippen molar-refractivity contribution in [2.75, 3.05) is 41.4 Å². The zero-order chi connectivity index (χ0) is 25.7. The van der Waals surface area contributed by atoms with Gasteiger partial charge in [-0.05, 0) is 17.7 Å². The molecule has 1 amide bonds. The molecule has 0 radical (unpaired) electrons. The highest BCUT2D eigenvalue weighted by molar-refractivity contribution is 5.81. The van der Waals surface area contributed by atoms with Gasteiger partial charge in [0.15, 0.2) is 0 Å². The first-order chi connectivity index (χ1) is 17.3. The lowest BCUT2D eigenvalue weighted by atomic mass is 10.1. The third-order valence-corrected chi connectivity index (χ3v) is 5.59. The zero-order valence-electron chi connectivity index (χ0n) is 18.8. The Labute approximate surface area is 203 Å². The summed E-state index contributed by atoms with van der Waals surface area (Å²) in [5.41, 5.74) is 5.31. The summed E-state index contributed by atoms with van der Waals surface area (Å²) in [6.45, 7) is 1.57. The summed E-state index contributed by atoms with van der Waals surface area (Å²) in [7, 11) is 0. The number of halogens is 1. The van der Waals surface area contributed by atoms with Gasteiger partial charge in [0.2, 0.25) is 17.5 Å². The second-order valence-corrected chi connectivity index (χ2v) is 7.85. The average Bonchev–Trinajstić information content (AvgIpc) is 2.88. The molecule has 1 saturated heterocycles. The molecule has 1 aromatic heterocycles. The van der Waals surface area contributed by atoms with Gasteiger partial charge in [-0.1, -0.05) is 24.3 Å². The molecule has 0 unspecified atom stereocenters. The van der Waals surface area contributed by atoms with Crippen LogP contribution in [0.2, 0.25) is 0 Å². The van der Waals surface area contributed by atoms with Gasteiger partial charge in [0.25, 0.3) is 5.69 Å². The van der Waals surface area contributed by atoms with Crippen molar-refractivity contribution in [3.05, 3.63) is 86.5 Å². The number of carbonyl (C=O) groups excluding carboxylic acids is 1. The van der Waals surface area contributed by atoms with E-state index in [1.54, 1.807) is 23.1 Å². The normalized spacial score (nSPS) is 13.2. The fourth-order valence-corrected chi connectivity index (χ4v) is 3.82. The Morgan fingerprint density at radius 2 is 1.61 bits per heavy atom. The maximum atomic E-state index is 14.1. The summed E-state index contributed by atoms with van der Waals surface area (Å²) in [5.74, 6) is -0.986. The third kappa shape index (κ3) is 5.43. The maximum Gasteiger partial charge on any atom is 0.355 e. The molecule has 2 aromatic carbocycles. The third-order valence-electron chi connectivity index (χ3n) is 5.59. The first-order valence-electron chi connectivity index (χ1n) is 10.9. The molecule has 4 rings (SSSR count). The Balaban J connectivity index is 1.42. The molecule has 1 fully saturated rings. The van der Waals surface area contributed by atoms with Gasteiger partial charge in [0, 0.05) is 38.3 Å². The predicted octanol–water partition coefficient (Wildman–Crippen LogP) is 2.44. The molecule has 0 atom stereocenters. The van der Waals surface area contributed by atoms with Crippen LogP contribution < -0.4 is 20.7 Å². The Kier molecular flexibility index (Phi) is 7.13. The molecule has 0 bridgehead atoms. The van der Waals surface area contributed by atoms with Gasteiger partial charge >= 0.3 is 5.69 Å². The minimum Gasteiger partial charge on any atom is -0.366 e. The lowest BCUT2D eigenvalue weighted by Crippen LogP contribution is -2.47. The highest BCUT2D eigenvalue weighted by Crippen LogP contribution is 2.32. The first kappa shape index (κ1) is 24.3. The van der Waals surface area contributed by atoms with E-state index in [9.17, 15) is 29.4 Å². The van der Waals surface area contributed by atoms with E-state index in [1.807, 2.05) is 4.90 Å². The number of nitro groups is 2. The smallest absolute Gasteiger partial charge is 0.355 e. The molecule has 13 nitrogen and oxygen atoms in total. The Morgan fingerprint density at radius 3 is 2.25 bits per heavy atom. The summed E-state index contributed by atoms with van der Waals surface area (Å²) in [6, 6.07) is 11.9. The van der Waals surface area contributed by atoms with Crippen molar-refractivity contribution >= 4 is 34.6 Å². The molecule has 14 heteroatoms. The zero-order valence-corrected chi connectivity index (χ0v) is 18.8. The summed E-state index contributed by atoms with van der Waals surface area (Å²) >= 11 is 0. The van der Waals surface area contributed by atoms with E-state index in [0.717, 1.165) is 6.33 Å². The predicted molar refractivity (Wildman–Crippen MR) is 128 cm³/mol. The maximum absolute atomic E-state index is 14.1. The second-order valence-electron chi connectivity index (χ2n) is 7.85. The molecule has 0 spiro atoms. The summed E-state index contributed by atoms with van der Waals surface area (Å²) < 4.78 is 14.1. The lowest BCUT2D eigenvalue weighted by Gasteiger charge is -2.36. The quantitative estimate of drug-likeness (QED) is 0.350. The number of anilines is 3. The van der Waals surface area contributed by atoms with Gasteiger partial charge < -0.3 is 9.80 Å². The molecule has 2 heterocycles. The summed E-state index contributed by atoms with van der Waals surface area (Å²) in [6.07, 6.45) is 1.03. The van der Waals surface area contributed by atoms with E-state index in [1.165, 1.54) is 30.3 Å². The van der Waals surface area contributed by atoms with Gasteiger partial charge in [-0.25, -0.2) is 14.4 Å². The van der Waals surface area contributed by atoms with E-state index in [0.29, 0.717) is 37.4 Å². The monoisotopic (exact) mass is 496 g/mol. The van der Waals surface area contributed by atoms with Gasteiger partial charge in [-0.15, -0.1) is 0 Å². The molecule has 1 aliphatic heterocycles. The fourth-order valence-electron chi connectivity index (χ4n) is 3.82. The van der Waals surface area contributed by atoms with Crippen molar-refractivity contribution in [1.82, 2.24) is 15.4 Å². The number of hydrazine groups is 1. The molecule has 2 N–H and O–H groups in total. The average molecular weight is 496 g/mol. The highest BCUT2D eigenvalue weighted by atomic mass is 19.1. The molecule has 36 heavy (non-hydrogen) atoms. The van der Waals surface area contributed by atoms with Crippen molar-refractivity contribution in [3.63, 3.8) is 0 Å². The number of hydrogen-bond acceptors (Lipinski definition) is 10. The lowest BCUT2D eigenvalue weighted by molar-refractivity contribution is -0.384. The number of amides is 1. The number of nitrogens with one attached hydrogen (secondary N) is 2. The molecule has 186 valence electrons. The molecular formula is C22H21FN8O5. The first-order valence-corrected chi connectivity index (χ1v) is 10.9. The van der Waals surface area contributed by atoms with E-state index < -0.39 is 21.4 Å². The Bertz CT molecular complexity index is 1280. The van der Waals surface area contributed by atoms with Crippen LogP contribution in [-0.2, 0) is 11.2 Å². The van der Waals surface area contributed by atoms with Gasteiger partial charge in [0.05, 0.1) is 22.0 Å². The SMILES string of the molecule is O=C(Cc1ccc([N+](=O)[O-])cc1)NNc1ncnc(N2CCN(c3ccccc3F)CC2)c1[N+](=O)[O-]. The number of aromatic nitrogens is 2. The van der Waals surface area contributed by atoms with Crippen LogP contribution in [0.25, 0.3) is 0 Å². The summed E-state index contributed by atoms with van der Waals surface area (Å²) in [5, 5.41) is 22.6. The van der Waals surface area contributed by atoms with Crippen LogP contribution in [0, 0.1) is 26.0 Å². The molecule has 1 aliphatic rings. The number of para-hydroxylation sites is 1. The van der Waals surface area contributed by atoms with Crippen LogP contribution >= 0.6 is 0 Å². The number of nitro benzene ring substituents is 1. The Morgan fingerprint density at radius 1 is 0.944 bits per heavy atom. The highest BCUT2D eigenvalue weighted by Gasteiger charge is 2.30. The number of benzene rings is 2. The number of rotatable bonds is 8. The second kappa shape index (κ2) is 10.6. The van der Waals surface area contributed by atoms with Crippen LogP contribution in [0.4, 0.5) is 33.1 Å². The van der Waals surface area contributed by atoms with E-state index in [-0.39, 0.29) is 29.6 Å². The van der Waals surface area contributed by atoms with Crippen LogP contribution in [0.5, 0.6) is 0 Å². The molecule has 0 aliphatic carbocycles. The van der Waals surface area contributed by atoms with E-state index in [2.05, 4.69) is 20.8 Å². The van der Waals surface area contributed by atoms with Crippen LogP contribution in [0.1, 0.15) is 5.56 Å². The number of piperazine rings is 1. The number of carbonyl (C=O) groups is 1. The largest absolute Gasteiger partial charge is 0.366 e. The minimum atomic E-state index is -0.636. The van der Waals surface area contributed by atoms with E-state index >= 15 is 0 Å². The van der Waals surface area contributed by atoms with Crippen LogP contribution in [0.15, 0.2) is 54.9 Å². The minimum absolute atomic E-state index is 0.0790. The van der Waals surface area contributed by atoms with Crippen molar-refractivity contribution in [1.29, 1.82) is 0 Å². The van der Waals surface area contributed by atoms with Crippen LogP contribution in [0.3, 0.4) is 0 Å².